The summed E-state index contributed by atoms with van der Waals surface area (Å²) in [7, 11) is 1.48. The van der Waals surface area contributed by atoms with E-state index in [1.165, 1.54) is 7.11 Å². The molecule has 0 aliphatic rings. The Bertz CT molecular complexity index is 315. The van der Waals surface area contributed by atoms with E-state index in [1.54, 1.807) is 18.2 Å². The normalized spacial score (nSPS) is 9.00. The fourth-order valence-corrected chi connectivity index (χ4v) is 0.960. The van der Waals surface area contributed by atoms with Gasteiger partial charge in [-0.15, -0.1) is 0 Å². The number of methoxy groups -OCH3 is 1. The Morgan fingerprint density at radius 2 is 2.33 bits per heavy atom. The molecule has 0 atom stereocenters. The number of hydrogen-bond acceptors (Lipinski definition) is 3. The molecule has 0 aliphatic heterocycles. The van der Waals surface area contributed by atoms with Crippen molar-refractivity contribution < 1.29 is 9.84 Å². The van der Waals surface area contributed by atoms with Crippen molar-refractivity contribution in [3.05, 3.63) is 23.8 Å². The number of nitriles is 1. The van der Waals surface area contributed by atoms with Crippen LogP contribution >= 0.6 is 0 Å². The molecule has 62 valence electrons. The highest BCUT2D eigenvalue weighted by molar-refractivity contribution is 5.46. The lowest BCUT2D eigenvalue weighted by Crippen LogP contribution is -1.87. The van der Waals surface area contributed by atoms with Gasteiger partial charge < -0.3 is 9.84 Å². The molecule has 3 heteroatoms. The van der Waals surface area contributed by atoms with Gasteiger partial charge in [-0.25, -0.2) is 0 Å². The van der Waals surface area contributed by atoms with Gasteiger partial charge in [0.25, 0.3) is 0 Å². The maximum Gasteiger partial charge on any atom is 0.161 e. The van der Waals surface area contributed by atoms with Crippen LogP contribution in [0, 0.1) is 11.3 Å². The zero-order chi connectivity index (χ0) is 8.97. The van der Waals surface area contributed by atoms with Gasteiger partial charge in [0.2, 0.25) is 0 Å². The average molecular weight is 163 g/mol. The largest absolute Gasteiger partial charge is 0.504 e. The molecule has 3 nitrogen and oxygen atoms in total. The number of benzene rings is 1. The standard InChI is InChI=1S/C9H9NO2/c1-12-8-4-2-3-7(5-6-10)9(8)11/h2-4,11H,5H2,1H3. The molecule has 1 N–H and O–H groups in total. The van der Waals surface area contributed by atoms with Gasteiger partial charge in [0.1, 0.15) is 0 Å². The average Bonchev–Trinajstić information content (AvgIpc) is 2.09. The maximum atomic E-state index is 9.44. The molecule has 1 rings (SSSR count). The monoisotopic (exact) mass is 163 g/mol. The summed E-state index contributed by atoms with van der Waals surface area (Å²) in [6.45, 7) is 0. The molecule has 0 amide bonds. The molecular weight excluding hydrogens is 154 g/mol. The zero-order valence-corrected chi connectivity index (χ0v) is 6.74. The highest BCUT2D eigenvalue weighted by atomic mass is 16.5. The Kier molecular flexibility index (Phi) is 2.54. The van der Waals surface area contributed by atoms with Crippen molar-refractivity contribution in [2.45, 2.75) is 6.42 Å². The Morgan fingerprint density at radius 3 is 2.92 bits per heavy atom. The van der Waals surface area contributed by atoms with Crippen molar-refractivity contribution in [1.82, 2.24) is 0 Å². The van der Waals surface area contributed by atoms with E-state index in [2.05, 4.69) is 0 Å². The molecule has 0 radical (unpaired) electrons. The molecule has 0 saturated heterocycles. The number of ether oxygens (including phenoxy) is 1. The zero-order valence-electron chi connectivity index (χ0n) is 6.74. The van der Waals surface area contributed by atoms with Crippen molar-refractivity contribution >= 4 is 0 Å². The minimum absolute atomic E-state index is 0.0570. The van der Waals surface area contributed by atoms with Crippen LogP contribution in [-0.4, -0.2) is 12.2 Å². The quantitative estimate of drug-likeness (QED) is 0.718. The predicted molar refractivity (Wildman–Crippen MR) is 44.0 cm³/mol. The van der Waals surface area contributed by atoms with Crippen molar-refractivity contribution in [3.63, 3.8) is 0 Å². The minimum atomic E-state index is 0.0570. The maximum absolute atomic E-state index is 9.44. The highest BCUT2D eigenvalue weighted by Crippen LogP contribution is 2.29. The van der Waals surface area contributed by atoms with Crippen molar-refractivity contribution in [2.24, 2.45) is 0 Å². The fraction of sp³-hybridized carbons (Fsp3) is 0.222. The molecule has 0 heterocycles. The van der Waals surface area contributed by atoms with Gasteiger partial charge >= 0.3 is 0 Å². The summed E-state index contributed by atoms with van der Waals surface area (Å²) in [6, 6.07) is 7.05. The predicted octanol–water partition coefficient (Wildman–Crippen LogP) is 1.47. The summed E-state index contributed by atoms with van der Waals surface area (Å²) in [5.74, 6) is 0.462. The van der Waals surface area contributed by atoms with Gasteiger partial charge in [0.15, 0.2) is 11.5 Å². The van der Waals surface area contributed by atoms with Crippen LogP contribution in [0.25, 0.3) is 0 Å². The SMILES string of the molecule is COc1cccc(CC#N)c1O. The number of phenolic OH excluding ortho intramolecular Hbond substituents is 1. The van der Waals surface area contributed by atoms with E-state index in [9.17, 15) is 5.11 Å². The van der Waals surface area contributed by atoms with Crippen molar-refractivity contribution in [3.8, 4) is 17.6 Å². The van der Waals surface area contributed by atoms with E-state index < -0.39 is 0 Å². The molecule has 1 aromatic rings. The van der Waals surface area contributed by atoms with Crippen molar-refractivity contribution in [2.75, 3.05) is 7.11 Å². The first-order chi connectivity index (χ1) is 5.79. The summed E-state index contributed by atoms with van der Waals surface area (Å²) in [5.41, 5.74) is 0.594. The molecule has 0 aliphatic carbocycles. The third-order valence-electron chi connectivity index (χ3n) is 1.57. The number of aromatic hydroxyl groups is 1. The van der Waals surface area contributed by atoms with Crippen LogP contribution in [-0.2, 0) is 6.42 Å². The van der Waals surface area contributed by atoms with Gasteiger partial charge in [-0.1, -0.05) is 12.1 Å². The van der Waals surface area contributed by atoms with E-state index in [0.717, 1.165) is 0 Å². The summed E-state index contributed by atoms with van der Waals surface area (Å²) < 4.78 is 4.87. The van der Waals surface area contributed by atoms with E-state index in [1.807, 2.05) is 6.07 Å². The molecule has 1 aromatic carbocycles. The molecule has 0 fully saturated rings. The van der Waals surface area contributed by atoms with Crippen LogP contribution in [0.3, 0.4) is 0 Å². The number of para-hydroxylation sites is 1. The van der Waals surface area contributed by atoms with Crippen LogP contribution < -0.4 is 4.74 Å². The van der Waals surface area contributed by atoms with Gasteiger partial charge in [0, 0.05) is 5.56 Å². The van der Waals surface area contributed by atoms with E-state index >= 15 is 0 Å². The third-order valence-corrected chi connectivity index (χ3v) is 1.57. The second kappa shape index (κ2) is 3.63. The molecule has 12 heavy (non-hydrogen) atoms. The van der Waals surface area contributed by atoms with Gasteiger partial charge in [-0.2, -0.15) is 5.26 Å². The lowest BCUT2D eigenvalue weighted by molar-refractivity contribution is 0.371. The molecule has 0 spiro atoms. The lowest BCUT2D eigenvalue weighted by Gasteiger charge is -2.05. The second-order valence-electron chi connectivity index (χ2n) is 2.30. The Balaban J connectivity index is 3.07. The molecule has 0 saturated carbocycles. The van der Waals surface area contributed by atoms with Gasteiger partial charge in [-0.3, -0.25) is 0 Å². The highest BCUT2D eigenvalue weighted by Gasteiger charge is 2.05. The van der Waals surface area contributed by atoms with Gasteiger partial charge in [0.05, 0.1) is 19.6 Å². The second-order valence-corrected chi connectivity index (χ2v) is 2.30. The molecular formula is C9H9NO2. The summed E-state index contributed by atoms with van der Waals surface area (Å²) in [4.78, 5) is 0. The Labute approximate surface area is 70.8 Å². The van der Waals surface area contributed by atoms with E-state index in [4.69, 9.17) is 10.00 Å². The molecule has 0 aromatic heterocycles. The van der Waals surface area contributed by atoms with Crippen LogP contribution in [0.1, 0.15) is 5.56 Å². The Hall–Kier alpha value is -1.69. The topological polar surface area (TPSA) is 53.2 Å². The first-order valence-corrected chi connectivity index (χ1v) is 3.51. The smallest absolute Gasteiger partial charge is 0.161 e. The minimum Gasteiger partial charge on any atom is -0.504 e. The fourth-order valence-electron chi connectivity index (χ4n) is 0.960. The van der Waals surface area contributed by atoms with Gasteiger partial charge in [-0.05, 0) is 6.07 Å². The van der Waals surface area contributed by atoms with Crippen molar-refractivity contribution in [1.29, 1.82) is 5.26 Å². The van der Waals surface area contributed by atoms with E-state index in [0.29, 0.717) is 11.3 Å². The van der Waals surface area contributed by atoms with Crippen LogP contribution in [0.4, 0.5) is 0 Å². The first kappa shape index (κ1) is 8.41. The number of phenols is 1. The lowest BCUT2D eigenvalue weighted by atomic mass is 10.1. The number of hydrogen-bond donors (Lipinski definition) is 1. The summed E-state index contributed by atoms with van der Waals surface area (Å²) in [6.07, 6.45) is 0.197. The van der Waals surface area contributed by atoms with Crippen LogP contribution in [0.5, 0.6) is 11.5 Å². The summed E-state index contributed by atoms with van der Waals surface area (Å²) in [5, 5.41) is 17.8. The number of nitrogens with zero attached hydrogens (tertiary/aromatic N) is 1. The van der Waals surface area contributed by atoms with E-state index in [-0.39, 0.29) is 12.2 Å². The molecule has 0 unspecified atom stereocenters. The number of rotatable bonds is 2. The van der Waals surface area contributed by atoms with Crippen LogP contribution in [0.15, 0.2) is 18.2 Å². The first-order valence-electron chi connectivity index (χ1n) is 3.51. The summed E-state index contributed by atoms with van der Waals surface area (Å²) >= 11 is 0. The Morgan fingerprint density at radius 1 is 1.58 bits per heavy atom. The third kappa shape index (κ3) is 1.48. The molecule has 0 bridgehead atoms. The van der Waals surface area contributed by atoms with Crippen LogP contribution in [0.2, 0.25) is 0 Å².